The van der Waals surface area contributed by atoms with Gasteiger partial charge in [-0.05, 0) is 67.4 Å². The second-order valence-electron chi connectivity index (χ2n) is 12.0. The Labute approximate surface area is 276 Å². The highest BCUT2D eigenvalue weighted by Gasteiger charge is 2.21. The van der Waals surface area contributed by atoms with Crippen molar-refractivity contribution < 1.29 is 16.8 Å². The van der Waals surface area contributed by atoms with Gasteiger partial charge in [0.15, 0.2) is 0 Å². The highest BCUT2D eigenvalue weighted by molar-refractivity contribution is 7.58. The lowest BCUT2D eigenvalue weighted by Gasteiger charge is -2.09. The molecule has 0 aliphatic heterocycles. The van der Waals surface area contributed by atoms with Crippen molar-refractivity contribution in [2.75, 3.05) is 11.5 Å². The lowest BCUT2D eigenvalue weighted by Crippen LogP contribution is -1.98. The van der Waals surface area contributed by atoms with Crippen molar-refractivity contribution in [3.63, 3.8) is 0 Å². The van der Waals surface area contributed by atoms with Gasteiger partial charge in [-0.2, -0.15) is 0 Å². The van der Waals surface area contributed by atoms with Gasteiger partial charge in [-0.25, -0.2) is 0 Å². The first kappa shape index (κ1) is 27.7. The molecule has 8 aromatic carbocycles. The molecule has 0 fully saturated rings. The Balaban J connectivity index is 1.32. The zero-order chi connectivity index (χ0) is 31.8. The van der Waals surface area contributed by atoms with Crippen molar-refractivity contribution in [1.82, 2.24) is 0 Å². The minimum Gasteiger partial charge on any atom is -0.407 e. The molecular formula is C41H27NO4P2. The Kier molecular flexibility index (Phi) is 6.22. The van der Waals surface area contributed by atoms with E-state index in [1.165, 1.54) is 0 Å². The molecule has 0 aliphatic rings. The van der Waals surface area contributed by atoms with E-state index in [1.807, 2.05) is 11.5 Å². The molecule has 0 N–H and O–H groups in total. The normalized spacial score (nSPS) is 12.0. The lowest BCUT2D eigenvalue weighted by atomic mass is 9.99. The summed E-state index contributed by atoms with van der Waals surface area (Å²) in [5.41, 5.74) is 3.07. The number of nitrogens with zero attached hydrogens (tertiary/aromatic N) is 1. The Morgan fingerprint density at radius 3 is 0.854 bits per heavy atom. The molecule has 0 aliphatic carbocycles. The number of hydrogen-bond acceptors (Lipinski definition) is 5. The first-order valence-electron chi connectivity index (χ1n) is 15.8. The van der Waals surface area contributed by atoms with E-state index in [4.69, 9.17) is 16.8 Å². The SMILES string of the molecule is CN(p1oc2ccc3ccccc3c2c2c(ccc3ccccc32)o1)p1oc2ccc3ccccc3c2c2c(ccc3ccccc32)o1. The molecule has 2 heterocycles. The monoisotopic (exact) mass is 659 g/mol. The van der Waals surface area contributed by atoms with Crippen LogP contribution in [-0.2, 0) is 0 Å². The van der Waals surface area contributed by atoms with Crippen LogP contribution in [0.2, 0.25) is 0 Å². The summed E-state index contributed by atoms with van der Waals surface area (Å²) in [4.78, 5) is 0. The summed E-state index contributed by atoms with van der Waals surface area (Å²) >= 11 is 0. The van der Waals surface area contributed by atoms with Gasteiger partial charge in [0, 0.05) is 28.6 Å². The van der Waals surface area contributed by atoms with Crippen LogP contribution in [0, 0.1) is 0 Å². The van der Waals surface area contributed by atoms with Crippen LogP contribution in [0.4, 0.5) is 0 Å². The van der Waals surface area contributed by atoms with Crippen LogP contribution in [0.5, 0.6) is 0 Å². The van der Waals surface area contributed by atoms with Gasteiger partial charge in [-0.15, -0.1) is 4.44 Å². The predicted octanol–water partition coefficient (Wildman–Crippen LogP) is 13.5. The third-order valence-corrected chi connectivity index (χ3v) is 12.5. The zero-order valence-corrected chi connectivity index (χ0v) is 27.6. The van der Waals surface area contributed by atoms with E-state index in [0.29, 0.717) is 0 Å². The van der Waals surface area contributed by atoms with Crippen LogP contribution in [0.3, 0.4) is 0 Å². The van der Waals surface area contributed by atoms with Gasteiger partial charge >= 0.3 is 16.3 Å². The van der Waals surface area contributed by atoms with E-state index in [0.717, 1.165) is 87.0 Å². The maximum atomic E-state index is 6.89. The van der Waals surface area contributed by atoms with Crippen LogP contribution in [0.15, 0.2) is 162 Å². The highest BCUT2D eigenvalue weighted by Crippen LogP contribution is 2.49. The van der Waals surface area contributed by atoms with Crippen molar-refractivity contribution in [2.24, 2.45) is 0 Å². The van der Waals surface area contributed by atoms with Gasteiger partial charge in [0.1, 0.15) is 22.3 Å². The maximum Gasteiger partial charge on any atom is 0.322 e. The van der Waals surface area contributed by atoms with Gasteiger partial charge in [0.05, 0.1) is 0 Å². The average Bonchev–Trinajstić information content (AvgIpc) is 3.43. The van der Waals surface area contributed by atoms with E-state index in [-0.39, 0.29) is 0 Å². The van der Waals surface area contributed by atoms with Crippen LogP contribution < -0.4 is 4.44 Å². The van der Waals surface area contributed by atoms with Crippen molar-refractivity contribution >= 4 is 103 Å². The molecule has 2 aromatic heterocycles. The maximum absolute atomic E-state index is 6.89. The number of rotatable bonds is 2. The van der Waals surface area contributed by atoms with Crippen molar-refractivity contribution in [1.29, 1.82) is 0 Å². The van der Waals surface area contributed by atoms with Gasteiger partial charge in [0.2, 0.25) is 0 Å². The molecule has 5 nitrogen and oxygen atoms in total. The Hall–Kier alpha value is -5.44. The minimum atomic E-state index is -1.71. The molecule has 10 rings (SSSR count). The van der Waals surface area contributed by atoms with E-state index in [2.05, 4.69) is 146 Å². The van der Waals surface area contributed by atoms with Crippen molar-refractivity contribution in [2.45, 2.75) is 0 Å². The molecule has 0 spiro atoms. The van der Waals surface area contributed by atoms with E-state index in [9.17, 15) is 0 Å². The smallest absolute Gasteiger partial charge is 0.322 e. The second-order valence-corrected chi connectivity index (χ2v) is 15.2. The Bertz CT molecular complexity index is 2600. The average molecular weight is 660 g/mol. The van der Waals surface area contributed by atoms with Crippen LogP contribution in [0.25, 0.3) is 87.0 Å². The standard InChI is InChI=1S/C41H27NO4P2/c1-42(47-43-34-22-18-26-10-2-6-14-30(26)38(34)39-31-15-7-3-11-27(31)19-23-35(39)44-47)48-45-36-24-20-28-12-4-8-16-32(28)40(36)41-33-17-9-5-13-29(33)21-25-37(41)46-48/h2-25H,1H3. The third kappa shape index (κ3) is 4.23. The Morgan fingerprint density at radius 1 is 0.333 bits per heavy atom. The summed E-state index contributed by atoms with van der Waals surface area (Å²) in [6, 6.07) is 50.5. The van der Waals surface area contributed by atoms with E-state index >= 15 is 0 Å². The fourth-order valence-corrected chi connectivity index (χ4v) is 9.76. The minimum absolute atomic E-state index is 0.768. The summed E-state index contributed by atoms with van der Waals surface area (Å²) in [6.07, 6.45) is 0. The molecule has 0 atom stereocenters. The van der Waals surface area contributed by atoms with Crippen LogP contribution >= 0.6 is 16.3 Å². The quantitative estimate of drug-likeness (QED) is 0.185. The van der Waals surface area contributed by atoms with Crippen molar-refractivity contribution in [3.8, 4) is 0 Å². The molecule has 48 heavy (non-hydrogen) atoms. The predicted molar refractivity (Wildman–Crippen MR) is 202 cm³/mol. The highest BCUT2D eigenvalue weighted by atomic mass is 31.2. The van der Waals surface area contributed by atoms with Crippen molar-refractivity contribution in [3.05, 3.63) is 146 Å². The van der Waals surface area contributed by atoms with Gasteiger partial charge < -0.3 is 16.8 Å². The van der Waals surface area contributed by atoms with Crippen LogP contribution in [-0.4, -0.2) is 7.05 Å². The third-order valence-electron chi connectivity index (χ3n) is 9.24. The summed E-state index contributed by atoms with van der Waals surface area (Å²) in [6.45, 7) is 0. The molecule has 0 saturated carbocycles. The topological polar surface area (TPSA) is 55.8 Å². The molecule has 10 aromatic rings. The first-order valence-corrected chi connectivity index (χ1v) is 18.1. The first-order chi connectivity index (χ1) is 23.7. The summed E-state index contributed by atoms with van der Waals surface area (Å²) in [5.74, 6) is 0. The zero-order valence-electron chi connectivity index (χ0n) is 25.8. The molecule has 0 saturated heterocycles. The second kappa shape index (κ2) is 10.8. The molecule has 7 heteroatoms. The fraction of sp³-hybridized carbons (Fsp3) is 0.0244. The van der Waals surface area contributed by atoms with Gasteiger partial charge in [-0.3, -0.25) is 0 Å². The van der Waals surface area contributed by atoms with E-state index < -0.39 is 16.3 Å². The number of benzene rings is 8. The lowest BCUT2D eigenvalue weighted by molar-refractivity contribution is 0.621. The molecule has 0 radical (unpaired) electrons. The summed E-state index contributed by atoms with van der Waals surface area (Å²) < 4.78 is 29.6. The fourth-order valence-electron chi connectivity index (χ4n) is 7.01. The number of hydrogen-bond donors (Lipinski definition) is 0. The summed E-state index contributed by atoms with van der Waals surface area (Å²) in [7, 11) is -1.46. The molecule has 0 amide bonds. The molecule has 0 bridgehead atoms. The number of fused-ring (bicyclic) bond motifs is 14. The molecule has 230 valence electrons. The molecule has 0 unspecified atom stereocenters. The largest absolute Gasteiger partial charge is 0.407 e. The van der Waals surface area contributed by atoms with E-state index in [1.54, 1.807) is 0 Å². The van der Waals surface area contributed by atoms with Gasteiger partial charge in [-0.1, -0.05) is 121 Å². The van der Waals surface area contributed by atoms with Gasteiger partial charge in [0.25, 0.3) is 0 Å². The van der Waals surface area contributed by atoms with Crippen LogP contribution in [0.1, 0.15) is 0 Å². The summed E-state index contributed by atoms with van der Waals surface area (Å²) in [5, 5.41) is 13.2. The molecular weight excluding hydrogens is 632 g/mol. The Morgan fingerprint density at radius 2 is 0.583 bits per heavy atom.